The Morgan fingerprint density at radius 2 is 1.81 bits per heavy atom. The minimum absolute atomic E-state index is 0.440. The molecular weight excluding hydrogens is 216 g/mol. The molecular formula is C15H21Cl. The van der Waals surface area contributed by atoms with Crippen molar-refractivity contribution in [3.63, 3.8) is 0 Å². The van der Waals surface area contributed by atoms with Crippen LogP contribution in [0.1, 0.15) is 43.7 Å². The van der Waals surface area contributed by atoms with E-state index in [1.165, 1.54) is 43.2 Å². The second-order valence-electron chi connectivity index (χ2n) is 4.92. The molecule has 1 aromatic rings. The van der Waals surface area contributed by atoms with Crippen LogP contribution in [0.25, 0.3) is 0 Å². The van der Waals surface area contributed by atoms with Crippen molar-refractivity contribution < 1.29 is 0 Å². The molecule has 0 heterocycles. The molecule has 0 aromatic heterocycles. The second kappa shape index (κ2) is 5.72. The maximum atomic E-state index is 6.29. The molecule has 0 radical (unpaired) electrons. The van der Waals surface area contributed by atoms with Crippen molar-refractivity contribution in [3.05, 3.63) is 35.4 Å². The second-order valence-corrected chi connectivity index (χ2v) is 5.48. The fourth-order valence-corrected chi connectivity index (χ4v) is 2.54. The zero-order chi connectivity index (χ0) is 11.4. The summed E-state index contributed by atoms with van der Waals surface area (Å²) in [5.41, 5.74) is 2.88. The van der Waals surface area contributed by atoms with Gasteiger partial charge in [-0.15, -0.1) is 11.6 Å². The third-order valence-electron chi connectivity index (χ3n) is 3.51. The van der Waals surface area contributed by atoms with Crippen LogP contribution < -0.4 is 0 Å². The quantitative estimate of drug-likeness (QED) is 0.634. The molecule has 1 heteroatoms. The summed E-state index contributed by atoms with van der Waals surface area (Å²) in [6.07, 6.45) is 7.45. The summed E-state index contributed by atoms with van der Waals surface area (Å²) >= 11 is 6.29. The lowest BCUT2D eigenvalue weighted by molar-refractivity contribution is 0.637. The van der Waals surface area contributed by atoms with E-state index in [1.807, 2.05) is 0 Å². The number of hydrogen-bond donors (Lipinski definition) is 0. The van der Waals surface area contributed by atoms with E-state index in [1.54, 1.807) is 0 Å². The lowest BCUT2D eigenvalue weighted by Gasteiger charge is -2.07. The predicted octanol–water partition coefficient (Wildman–Crippen LogP) is 4.59. The molecule has 1 atom stereocenters. The molecule has 0 bridgehead atoms. The molecule has 1 aromatic carbocycles. The van der Waals surface area contributed by atoms with Crippen LogP contribution in [0, 0.1) is 5.92 Å². The maximum Gasteiger partial charge on any atom is 0.0364 e. The van der Waals surface area contributed by atoms with Gasteiger partial charge >= 0.3 is 0 Å². The van der Waals surface area contributed by atoms with Crippen LogP contribution in [0.2, 0.25) is 0 Å². The Morgan fingerprint density at radius 3 is 2.38 bits per heavy atom. The van der Waals surface area contributed by atoms with Gasteiger partial charge in [0.05, 0.1) is 0 Å². The van der Waals surface area contributed by atoms with Crippen molar-refractivity contribution in [1.29, 1.82) is 0 Å². The first-order chi connectivity index (χ1) is 7.79. The summed E-state index contributed by atoms with van der Waals surface area (Å²) in [6, 6.07) is 9.02. The van der Waals surface area contributed by atoms with E-state index in [-0.39, 0.29) is 0 Å². The van der Waals surface area contributed by atoms with Gasteiger partial charge in [0.2, 0.25) is 0 Å². The molecule has 0 saturated heterocycles. The van der Waals surface area contributed by atoms with Gasteiger partial charge in [0.15, 0.2) is 0 Å². The van der Waals surface area contributed by atoms with Crippen LogP contribution in [0.4, 0.5) is 0 Å². The Labute approximate surface area is 104 Å². The molecule has 1 fully saturated rings. The van der Waals surface area contributed by atoms with Gasteiger partial charge in [-0.05, 0) is 55.6 Å². The first kappa shape index (κ1) is 12.0. The van der Waals surface area contributed by atoms with Crippen molar-refractivity contribution in [2.45, 2.75) is 50.8 Å². The Morgan fingerprint density at radius 1 is 1.19 bits per heavy atom. The highest BCUT2D eigenvalue weighted by Gasteiger charge is 2.28. The Bertz CT molecular complexity index is 311. The van der Waals surface area contributed by atoms with Gasteiger partial charge in [-0.25, -0.2) is 0 Å². The predicted molar refractivity (Wildman–Crippen MR) is 71.1 cm³/mol. The smallest absolute Gasteiger partial charge is 0.0364 e. The molecule has 0 aliphatic heterocycles. The van der Waals surface area contributed by atoms with Gasteiger partial charge in [0.25, 0.3) is 0 Å². The maximum absolute atomic E-state index is 6.29. The summed E-state index contributed by atoms with van der Waals surface area (Å²) in [5, 5.41) is 0.440. The molecule has 0 N–H and O–H groups in total. The van der Waals surface area contributed by atoms with Crippen LogP contribution in [0.3, 0.4) is 0 Å². The van der Waals surface area contributed by atoms with Gasteiger partial charge in [-0.1, -0.05) is 31.2 Å². The van der Waals surface area contributed by atoms with E-state index in [9.17, 15) is 0 Å². The van der Waals surface area contributed by atoms with Crippen LogP contribution in [0.5, 0.6) is 0 Å². The minimum Gasteiger partial charge on any atom is -0.123 e. The van der Waals surface area contributed by atoms with Crippen molar-refractivity contribution >= 4 is 11.6 Å². The van der Waals surface area contributed by atoms with Gasteiger partial charge in [0, 0.05) is 5.38 Å². The monoisotopic (exact) mass is 236 g/mol. The molecule has 2 rings (SSSR count). The number of halogens is 1. The number of aryl methyl sites for hydroxylation is 2. The highest BCUT2D eigenvalue weighted by Crippen LogP contribution is 2.37. The Balaban J connectivity index is 1.71. The topological polar surface area (TPSA) is 0 Å². The van der Waals surface area contributed by atoms with Crippen LogP contribution in [0.15, 0.2) is 24.3 Å². The van der Waals surface area contributed by atoms with Crippen LogP contribution in [-0.4, -0.2) is 5.38 Å². The number of alkyl halides is 1. The first-order valence-corrected chi connectivity index (χ1v) is 6.95. The van der Waals surface area contributed by atoms with Gasteiger partial charge < -0.3 is 0 Å². The fraction of sp³-hybridized carbons (Fsp3) is 0.600. The molecule has 16 heavy (non-hydrogen) atoms. The number of benzene rings is 1. The van der Waals surface area contributed by atoms with Crippen molar-refractivity contribution in [1.82, 2.24) is 0 Å². The Kier molecular flexibility index (Phi) is 4.29. The molecule has 1 aliphatic rings. The van der Waals surface area contributed by atoms with Crippen molar-refractivity contribution in [2.24, 2.45) is 5.92 Å². The Hall–Kier alpha value is -0.490. The van der Waals surface area contributed by atoms with E-state index >= 15 is 0 Å². The molecule has 0 nitrogen and oxygen atoms in total. The van der Waals surface area contributed by atoms with E-state index in [0.29, 0.717) is 5.38 Å². The lowest BCUT2D eigenvalue weighted by atomic mass is 10.0. The van der Waals surface area contributed by atoms with Gasteiger partial charge in [0.1, 0.15) is 0 Å². The molecule has 1 aliphatic carbocycles. The number of rotatable bonds is 6. The zero-order valence-electron chi connectivity index (χ0n) is 10.1. The van der Waals surface area contributed by atoms with E-state index in [0.717, 1.165) is 12.3 Å². The minimum atomic E-state index is 0.440. The average molecular weight is 237 g/mol. The van der Waals surface area contributed by atoms with Gasteiger partial charge in [-0.3, -0.25) is 0 Å². The zero-order valence-corrected chi connectivity index (χ0v) is 10.8. The summed E-state index contributed by atoms with van der Waals surface area (Å²) < 4.78 is 0. The molecule has 0 spiro atoms. The van der Waals surface area contributed by atoms with Crippen molar-refractivity contribution in [3.8, 4) is 0 Å². The SMILES string of the molecule is CCc1ccc(CCCC(Cl)C2CC2)cc1. The standard InChI is InChI=1S/C15H21Cl/c1-2-12-6-8-13(9-7-12)4-3-5-15(16)14-10-11-14/h6-9,14-15H,2-5,10-11H2,1H3. The van der Waals surface area contributed by atoms with E-state index in [2.05, 4.69) is 31.2 Å². The summed E-state index contributed by atoms with van der Waals surface area (Å²) in [4.78, 5) is 0. The van der Waals surface area contributed by atoms with E-state index in [4.69, 9.17) is 11.6 Å². The van der Waals surface area contributed by atoms with Crippen LogP contribution >= 0.6 is 11.6 Å². The largest absolute Gasteiger partial charge is 0.123 e. The van der Waals surface area contributed by atoms with E-state index < -0.39 is 0 Å². The molecule has 1 unspecified atom stereocenters. The molecule has 88 valence electrons. The average Bonchev–Trinajstić information content (AvgIpc) is 3.14. The molecule has 0 amide bonds. The van der Waals surface area contributed by atoms with Gasteiger partial charge in [-0.2, -0.15) is 0 Å². The molecule has 1 saturated carbocycles. The van der Waals surface area contributed by atoms with Crippen molar-refractivity contribution in [2.75, 3.05) is 0 Å². The third kappa shape index (κ3) is 3.52. The normalized spacial score (nSPS) is 17.4. The number of hydrogen-bond acceptors (Lipinski definition) is 0. The third-order valence-corrected chi connectivity index (χ3v) is 4.08. The lowest BCUT2D eigenvalue weighted by Crippen LogP contribution is -2.01. The summed E-state index contributed by atoms with van der Waals surface area (Å²) in [7, 11) is 0. The first-order valence-electron chi connectivity index (χ1n) is 6.51. The fourth-order valence-electron chi connectivity index (χ4n) is 2.14. The highest BCUT2D eigenvalue weighted by atomic mass is 35.5. The summed E-state index contributed by atoms with van der Waals surface area (Å²) in [6.45, 7) is 2.20. The highest BCUT2D eigenvalue weighted by molar-refractivity contribution is 6.20. The van der Waals surface area contributed by atoms with Crippen LogP contribution in [-0.2, 0) is 12.8 Å². The summed E-state index contributed by atoms with van der Waals surface area (Å²) in [5.74, 6) is 0.837.